The zero-order chi connectivity index (χ0) is 11.3. The zero-order valence-electron chi connectivity index (χ0n) is 10.3. The Morgan fingerprint density at radius 2 is 1.93 bits per heavy atom. The molecule has 15 heavy (non-hydrogen) atoms. The van der Waals surface area contributed by atoms with Crippen molar-refractivity contribution in [2.75, 3.05) is 13.1 Å². The number of pyridine rings is 1. The lowest BCUT2D eigenvalue weighted by atomic mass is 10.0. The van der Waals surface area contributed by atoms with E-state index in [0.29, 0.717) is 6.04 Å². The van der Waals surface area contributed by atoms with Crippen LogP contribution in [0.2, 0.25) is 0 Å². The van der Waals surface area contributed by atoms with Crippen LogP contribution in [0.15, 0.2) is 18.3 Å². The maximum absolute atomic E-state index is 4.44. The van der Waals surface area contributed by atoms with Crippen LogP contribution >= 0.6 is 0 Å². The third-order valence-corrected chi connectivity index (χ3v) is 3.07. The van der Waals surface area contributed by atoms with Crippen molar-refractivity contribution < 1.29 is 0 Å². The van der Waals surface area contributed by atoms with Crippen molar-refractivity contribution in [3.8, 4) is 0 Å². The molecule has 0 bridgehead atoms. The molecule has 1 unspecified atom stereocenters. The Morgan fingerprint density at radius 1 is 1.27 bits per heavy atom. The second-order valence-corrected chi connectivity index (χ2v) is 3.79. The number of hydrogen-bond donors (Lipinski definition) is 0. The third-order valence-electron chi connectivity index (χ3n) is 3.07. The summed E-state index contributed by atoms with van der Waals surface area (Å²) in [6.45, 7) is 11.0. The average molecular weight is 206 g/mol. The van der Waals surface area contributed by atoms with Gasteiger partial charge in [-0.25, -0.2) is 0 Å². The van der Waals surface area contributed by atoms with Crippen LogP contribution in [0.25, 0.3) is 0 Å². The van der Waals surface area contributed by atoms with Crippen molar-refractivity contribution in [1.82, 2.24) is 9.88 Å². The van der Waals surface area contributed by atoms with Crippen molar-refractivity contribution in [1.29, 1.82) is 0 Å². The smallest absolute Gasteiger partial charge is 0.0448 e. The first-order valence-electron chi connectivity index (χ1n) is 5.92. The van der Waals surface area contributed by atoms with Gasteiger partial charge < -0.3 is 0 Å². The topological polar surface area (TPSA) is 16.1 Å². The quantitative estimate of drug-likeness (QED) is 0.736. The van der Waals surface area contributed by atoms with Gasteiger partial charge in [-0.05, 0) is 38.1 Å². The lowest BCUT2D eigenvalue weighted by Crippen LogP contribution is -2.27. The molecule has 0 aromatic carbocycles. The molecule has 0 saturated heterocycles. The Kier molecular flexibility index (Phi) is 4.76. The minimum Gasteiger partial charge on any atom is -0.297 e. The standard InChI is InChI=1S/C13H22N2/c1-5-13-12(9-8-10-14-13)11(4)15(6-2)7-3/h8-11H,5-7H2,1-4H3. The summed E-state index contributed by atoms with van der Waals surface area (Å²) in [5, 5.41) is 0. The molecule has 2 nitrogen and oxygen atoms in total. The molecule has 0 amide bonds. The van der Waals surface area contributed by atoms with Gasteiger partial charge in [0.1, 0.15) is 0 Å². The first kappa shape index (κ1) is 12.2. The van der Waals surface area contributed by atoms with Crippen LogP contribution < -0.4 is 0 Å². The molecule has 0 radical (unpaired) electrons. The van der Waals surface area contributed by atoms with Gasteiger partial charge in [-0.15, -0.1) is 0 Å². The van der Waals surface area contributed by atoms with E-state index in [-0.39, 0.29) is 0 Å². The number of nitrogens with zero attached hydrogens (tertiary/aromatic N) is 2. The van der Waals surface area contributed by atoms with Crippen LogP contribution in [0.3, 0.4) is 0 Å². The molecule has 1 rings (SSSR count). The van der Waals surface area contributed by atoms with Crippen molar-refractivity contribution in [2.24, 2.45) is 0 Å². The zero-order valence-corrected chi connectivity index (χ0v) is 10.3. The summed E-state index contributed by atoms with van der Waals surface area (Å²) in [6.07, 6.45) is 2.90. The summed E-state index contributed by atoms with van der Waals surface area (Å²) in [5.74, 6) is 0. The van der Waals surface area contributed by atoms with Crippen molar-refractivity contribution in [3.63, 3.8) is 0 Å². The van der Waals surface area contributed by atoms with Crippen LogP contribution in [0.5, 0.6) is 0 Å². The molecule has 0 aliphatic heterocycles. The van der Waals surface area contributed by atoms with Crippen molar-refractivity contribution in [3.05, 3.63) is 29.6 Å². The monoisotopic (exact) mass is 206 g/mol. The predicted molar refractivity (Wildman–Crippen MR) is 65.0 cm³/mol. The lowest BCUT2D eigenvalue weighted by Gasteiger charge is -2.27. The highest BCUT2D eigenvalue weighted by molar-refractivity contribution is 5.23. The molecule has 2 heteroatoms. The van der Waals surface area contributed by atoms with Gasteiger partial charge in [-0.3, -0.25) is 9.88 Å². The number of aromatic nitrogens is 1. The van der Waals surface area contributed by atoms with Crippen LogP contribution in [0.4, 0.5) is 0 Å². The second kappa shape index (κ2) is 5.86. The molecular formula is C13H22N2. The van der Waals surface area contributed by atoms with E-state index >= 15 is 0 Å². The van der Waals surface area contributed by atoms with E-state index in [1.165, 1.54) is 11.3 Å². The number of hydrogen-bond acceptors (Lipinski definition) is 2. The molecule has 0 N–H and O–H groups in total. The SMILES string of the molecule is CCc1ncccc1C(C)N(CC)CC. The van der Waals surface area contributed by atoms with E-state index in [1.807, 2.05) is 12.3 Å². The van der Waals surface area contributed by atoms with Crippen LogP contribution in [0.1, 0.15) is 45.0 Å². The molecule has 0 aliphatic carbocycles. The van der Waals surface area contributed by atoms with Gasteiger partial charge in [0.25, 0.3) is 0 Å². The van der Waals surface area contributed by atoms with E-state index in [9.17, 15) is 0 Å². The van der Waals surface area contributed by atoms with Crippen molar-refractivity contribution in [2.45, 2.75) is 40.2 Å². The van der Waals surface area contributed by atoms with E-state index < -0.39 is 0 Å². The summed E-state index contributed by atoms with van der Waals surface area (Å²) in [4.78, 5) is 6.90. The summed E-state index contributed by atoms with van der Waals surface area (Å²) in [5.41, 5.74) is 2.61. The van der Waals surface area contributed by atoms with Crippen LogP contribution in [-0.4, -0.2) is 23.0 Å². The maximum atomic E-state index is 4.44. The molecule has 1 aromatic rings. The minimum absolute atomic E-state index is 0.476. The van der Waals surface area contributed by atoms with Gasteiger partial charge >= 0.3 is 0 Å². The van der Waals surface area contributed by atoms with Gasteiger partial charge in [0, 0.05) is 17.9 Å². The van der Waals surface area contributed by atoms with E-state index in [0.717, 1.165) is 19.5 Å². The lowest BCUT2D eigenvalue weighted by molar-refractivity contribution is 0.233. The van der Waals surface area contributed by atoms with Gasteiger partial charge in [-0.1, -0.05) is 26.8 Å². The highest BCUT2D eigenvalue weighted by atomic mass is 15.1. The molecule has 1 atom stereocenters. The summed E-state index contributed by atoms with van der Waals surface area (Å²) in [6, 6.07) is 4.71. The van der Waals surface area contributed by atoms with Crippen LogP contribution in [0, 0.1) is 0 Å². The fourth-order valence-corrected chi connectivity index (χ4v) is 2.09. The predicted octanol–water partition coefficient (Wildman–Crippen LogP) is 3.05. The Morgan fingerprint density at radius 3 is 2.47 bits per heavy atom. The molecule has 1 heterocycles. The maximum Gasteiger partial charge on any atom is 0.0448 e. The molecule has 0 fully saturated rings. The Hall–Kier alpha value is -0.890. The van der Waals surface area contributed by atoms with Gasteiger partial charge in [-0.2, -0.15) is 0 Å². The molecule has 84 valence electrons. The first-order chi connectivity index (χ1) is 7.24. The summed E-state index contributed by atoms with van der Waals surface area (Å²) >= 11 is 0. The molecule has 0 saturated carbocycles. The van der Waals surface area contributed by atoms with E-state index in [2.05, 4.69) is 43.6 Å². The molecule has 0 aliphatic rings. The largest absolute Gasteiger partial charge is 0.297 e. The average Bonchev–Trinajstić information content (AvgIpc) is 2.30. The first-order valence-corrected chi connectivity index (χ1v) is 5.92. The van der Waals surface area contributed by atoms with Gasteiger partial charge in [0.05, 0.1) is 0 Å². The highest BCUT2D eigenvalue weighted by Crippen LogP contribution is 2.22. The van der Waals surface area contributed by atoms with Gasteiger partial charge in [0.2, 0.25) is 0 Å². The number of aryl methyl sites for hydroxylation is 1. The Bertz CT molecular complexity index is 292. The summed E-state index contributed by atoms with van der Waals surface area (Å²) in [7, 11) is 0. The normalized spacial score (nSPS) is 13.1. The highest BCUT2D eigenvalue weighted by Gasteiger charge is 2.15. The minimum atomic E-state index is 0.476. The number of rotatable bonds is 5. The van der Waals surface area contributed by atoms with Crippen LogP contribution in [-0.2, 0) is 6.42 Å². The fourth-order valence-electron chi connectivity index (χ4n) is 2.09. The summed E-state index contributed by atoms with van der Waals surface area (Å²) < 4.78 is 0. The van der Waals surface area contributed by atoms with E-state index in [1.54, 1.807) is 0 Å². The Balaban J connectivity index is 2.93. The van der Waals surface area contributed by atoms with E-state index in [4.69, 9.17) is 0 Å². The Labute approximate surface area is 93.3 Å². The van der Waals surface area contributed by atoms with Crippen molar-refractivity contribution >= 4 is 0 Å². The fraction of sp³-hybridized carbons (Fsp3) is 0.615. The molecular weight excluding hydrogens is 184 g/mol. The second-order valence-electron chi connectivity index (χ2n) is 3.79. The third kappa shape index (κ3) is 2.78. The molecule has 0 spiro atoms. The van der Waals surface area contributed by atoms with Gasteiger partial charge in [0.15, 0.2) is 0 Å². The molecule has 1 aromatic heterocycles.